The number of carbonyl (C=O) groups excluding carboxylic acids is 1. The minimum atomic E-state index is -2.83. The molecule has 2 aromatic heterocycles. The summed E-state index contributed by atoms with van der Waals surface area (Å²) in [6.07, 6.45) is -1.51. The van der Waals surface area contributed by atoms with Crippen LogP contribution in [0.2, 0.25) is 0 Å². The molecule has 0 aliphatic carbocycles. The number of para-hydroxylation sites is 1. The summed E-state index contributed by atoms with van der Waals surface area (Å²) in [5.74, 6) is -1.13. The number of anilines is 1. The van der Waals surface area contributed by atoms with Gasteiger partial charge in [-0.15, -0.1) is 10.2 Å². The molecule has 0 saturated heterocycles. The average molecular weight is 330 g/mol. The Morgan fingerprint density at radius 1 is 1.12 bits per heavy atom. The second-order valence-electron chi connectivity index (χ2n) is 4.88. The van der Waals surface area contributed by atoms with Gasteiger partial charge in [-0.2, -0.15) is 8.78 Å². The van der Waals surface area contributed by atoms with Crippen molar-refractivity contribution in [3.8, 4) is 11.5 Å². The molecule has 2 heterocycles. The van der Waals surface area contributed by atoms with Crippen molar-refractivity contribution in [1.82, 2.24) is 15.2 Å². The Hall–Kier alpha value is -3.16. The van der Waals surface area contributed by atoms with Gasteiger partial charge in [0.15, 0.2) is 0 Å². The van der Waals surface area contributed by atoms with Crippen LogP contribution in [0.25, 0.3) is 11.5 Å². The van der Waals surface area contributed by atoms with Crippen LogP contribution in [0.15, 0.2) is 53.1 Å². The van der Waals surface area contributed by atoms with Crippen molar-refractivity contribution in [2.45, 2.75) is 6.43 Å². The topological polar surface area (TPSA) is 72.1 Å². The Bertz CT molecular complexity index is 835. The molecule has 0 radical (unpaired) electrons. The fourth-order valence-corrected chi connectivity index (χ4v) is 2.03. The van der Waals surface area contributed by atoms with E-state index in [0.29, 0.717) is 5.56 Å². The Morgan fingerprint density at radius 2 is 1.88 bits per heavy atom. The van der Waals surface area contributed by atoms with E-state index in [2.05, 4.69) is 15.2 Å². The first-order chi connectivity index (χ1) is 11.6. The number of hydrogen-bond acceptors (Lipinski definition) is 5. The fourth-order valence-electron chi connectivity index (χ4n) is 2.03. The van der Waals surface area contributed by atoms with Gasteiger partial charge in [0, 0.05) is 18.9 Å². The summed E-state index contributed by atoms with van der Waals surface area (Å²) in [5.41, 5.74) is 1.29. The van der Waals surface area contributed by atoms with Crippen LogP contribution < -0.4 is 4.90 Å². The minimum Gasteiger partial charge on any atom is -0.415 e. The largest absolute Gasteiger partial charge is 0.415 e. The molecular formula is C16H12F2N4O2. The van der Waals surface area contributed by atoms with Gasteiger partial charge in [0.2, 0.25) is 5.89 Å². The van der Waals surface area contributed by atoms with Crippen LogP contribution in [0.3, 0.4) is 0 Å². The maximum atomic E-state index is 12.5. The molecule has 0 N–H and O–H groups in total. The van der Waals surface area contributed by atoms with Crippen molar-refractivity contribution in [2.24, 2.45) is 0 Å². The third kappa shape index (κ3) is 3.12. The first kappa shape index (κ1) is 15.7. The van der Waals surface area contributed by atoms with Crippen LogP contribution in [0.5, 0.6) is 0 Å². The maximum Gasteiger partial charge on any atom is 0.314 e. The lowest BCUT2D eigenvalue weighted by Gasteiger charge is -2.16. The van der Waals surface area contributed by atoms with Gasteiger partial charge in [0.25, 0.3) is 11.8 Å². The van der Waals surface area contributed by atoms with Crippen molar-refractivity contribution < 1.29 is 18.0 Å². The van der Waals surface area contributed by atoms with Gasteiger partial charge in [-0.1, -0.05) is 18.2 Å². The molecule has 1 aromatic carbocycles. The van der Waals surface area contributed by atoms with Crippen molar-refractivity contribution in [1.29, 1.82) is 0 Å². The molecule has 3 rings (SSSR count). The number of alkyl halides is 2. The number of amides is 1. The fraction of sp³-hybridized carbons (Fsp3) is 0.125. The van der Waals surface area contributed by atoms with Gasteiger partial charge >= 0.3 is 6.43 Å². The molecule has 24 heavy (non-hydrogen) atoms. The molecule has 6 nitrogen and oxygen atoms in total. The van der Waals surface area contributed by atoms with Crippen LogP contribution in [0, 0.1) is 0 Å². The van der Waals surface area contributed by atoms with Gasteiger partial charge in [0.1, 0.15) is 5.69 Å². The smallest absolute Gasteiger partial charge is 0.314 e. The minimum absolute atomic E-state index is 0.0757. The molecule has 1 amide bonds. The first-order valence-corrected chi connectivity index (χ1v) is 6.97. The highest BCUT2D eigenvalue weighted by Crippen LogP contribution is 2.23. The Balaban J connectivity index is 1.80. The molecule has 0 atom stereocenters. The summed E-state index contributed by atoms with van der Waals surface area (Å²) in [7, 11) is 1.64. The Kier molecular flexibility index (Phi) is 4.28. The zero-order chi connectivity index (χ0) is 17.1. The molecule has 122 valence electrons. The summed E-state index contributed by atoms with van der Waals surface area (Å²) in [4.78, 5) is 17.9. The highest BCUT2D eigenvalue weighted by Gasteiger charge is 2.18. The number of aromatic nitrogens is 3. The molecule has 0 bridgehead atoms. The Labute approximate surface area is 135 Å². The normalized spacial score (nSPS) is 10.8. The molecule has 0 aliphatic heterocycles. The second-order valence-corrected chi connectivity index (χ2v) is 4.88. The van der Waals surface area contributed by atoms with E-state index in [1.165, 1.54) is 23.2 Å². The van der Waals surface area contributed by atoms with E-state index in [1.54, 1.807) is 19.2 Å². The van der Waals surface area contributed by atoms with Crippen LogP contribution >= 0.6 is 0 Å². The quantitative estimate of drug-likeness (QED) is 0.733. The van der Waals surface area contributed by atoms with E-state index in [1.807, 2.05) is 18.2 Å². The predicted octanol–water partition coefficient (Wildman–Crippen LogP) is 3.35. The molecule has 0 unspecified atom stereocenters. The van der Waals surface area contributed by atoms with Gasteiger partial charge < -0.3 is 9.32 Å². The lowest BCUT2D eigenvalue weighted by molar-refractivity contribution is 0.0988. The number of rotatable bonds is 4. The summed E-state index contributed by atoms with van der Waals surface area (Å²) < 4.78 is 29.7. The highest BCUT2D eigenvalue weighted by molar-refractivity contribution is 6.04. The van der Waals surface area contributed by atoms with Crippen LogP contribution in [-0.4, -0.2) is 28.1 Å². The van der Waals surface area contributed by atoms with E-state index >= 15 is 0 Å². The van der Waals surface area contributed by atoms with Crippen LogP contribution in [0.4, 0.5) is 14.5 Å². The monoisotopic (exact) mass is 330 g/mol. The van der Waals surface area contributed by atoms with Crippen molar-refractivity contribution >= 4 is 11.6 Å². The predicted molar refractivity (Wildman–Crippen MR) is 81.7 cm³/mol. The lowest BCUT2D eigenvalue weighted by atomic mass is 10.2. The summed E-state index contributed by atoms with van der Waals surface area (Å²) >= 11 is 0. The summed E-state index contributed by atoms with van der Waals surface area (Å²) in [6.45, 7) is 0. The standard InChI is InChI=1S/C16H12F2N4O2/c1-22(11-5-3-2-4-6-11)16(23)12-8-7-10(9-19-12)14-20-21-15(24-14)13(17)18/h2-9,13H,1H3. The van der Waals surface area contributed by atoms with Gasteiger partial charge in [-0.05, 0) is 24.3 Å². The van der Waals surface area contributed by atoms with E-state index in [-0.39, 0.29) is 17.5 Å². The van der Waals surface area contributed by atoms with Crippen molar-refractivity contribution in [2.75, 3.05) is 11.9 Å². The number of nitrogens with zero attached hydrogens (tertiary/aromatic N) is 4. The maximum absolute atomic E-state index is 12.5. The van der Waals surface area contributed by atoms with E-state index in [0.717, 1.165) is 5.69 Å². The van der Waals surface area contributed by atoms with Crippen molar-refractivity contribution in [3.63, 3.8) is 0 Å². The van der Waals surface area contributed by atoms with E-state index in [4.69, 9.17) is 4.42 Å². The molecule has 0 aliphatic rings. The second kappa shape index (κ2) is 6.53. The molecular weight excluding hydrogens is 318 g/mol. The van der Waals surface area contributed by atoms with E-state index < -0.39 is 12.3 Å². The SMILES string of the molecule is CN(C(=O)c1ccc(-c2nnc(C(F)F)o2)cn1)c1ccccc1. The molecule has 0 spiro atoms. The molecule has 0 fully saturated rings. The highest BCUT2D eigenvalue weighted by atomic mass is 19.3. The zero-order valence-corrected chi connectivity index (χ0v) is 12.6. The van der Waals surface area contributed by atoms with Gasteiger partial charge in [-0.3, -0.25) is 9.78 Å². The first-order valence-electron chi connectivity index (χ1n) is 6.97. The Morgan fingerprint density at radius 3 is 2.46 bits per heavy atom. The number of hydrogen-bond donors (Lipinski definition) is 0. The molecule has 8 heteroatoms. The number of pyridine rings is 1. The third-order valence-corrected chi connectivity index (χ3v) is 3.30. The lowest BCUT2D eigenvalue weighted by Crippen LogP contribution is -2.26. The van der Waals surface area contributed by atoms with Crippen LogP contribution in [-0.2, 0) is 0 Å². The van der Waals surface area contributed by atoms with Crippen molar-refractivity contribution in [3.05, 3.63) is 60.2 Å². The molecule has 0 saturated carbocycles. The zero-order valence-electron chi connectivity index (χ0n) is 12.6. The van der Waals surface area contributed by atoms with Gasteiger partial charge in [-0.25, -0.2) is 0 Å². The third-order valence-electron chi connectivity index (χ3n) is 3.30. The van der Waals surface area contributed by atoms with Gasteiger partial charge in [0.05, 0.1) is 5.56 Å². The summed E-state index contributed by atoms with van der Waals surface area (Å²) in [6, 6.07) is 12.1. The number of carbonyl (C=O) groups is 1. The average Bonchev–Trinajstić information content (AvgIpc) is 3.12. The summed E-state index contributed by atoms with van der Waals surface area (Å²) in [5, 5.41) is 6.78. The molecule has 3 aromatic rings. The van der Waals surface area contributed by atoms with E-state index in [9.17, 15) is 13.6 Å². The number of halogens is 2. The van der Waals surface area contributed by atoms with Crippen LogP contribution in [0.1, 0.15) is 22.8 Å². The number of benzene rings is 1.